The quantitative estimate of drug-likeness (QED) is 0.242. The van der Waals surface area contributed by atoms with Crippen LogP contribution in [0, 0.1) is 5.92 Å². The summed E-state index contributed by atoms with van der Waals surface area (Å²) in [6.07, 6.45) is 13.6. The molecule has 2 N–H and O–H groups in total. The monoisotopic (exact) mass is 535 g/mol. The van der Waals surface area contributed by atoms with E-state index in [1.165, 1.54) is 60.7 Å². The van der Waals surface area contributed by atoms with E-state index in [1.807, 2.05) is 42.6 Å². The number of rotatable bonds is 8. The lowest BCUT2D eigenvalue weighted by Crippen LogP contribution is -2.37. The number of carbonyl (C=O) groups is 1. The molecule has 2 aliphatic carbocycles. The van der Waals surface area contributed by atoms with E-state index in [-0.39, 0.29) is 18.4 Å². The van der Waals surface area contributed by atoms with Crippen LogP contribution in [0.1, 0.15) is 91.3 Å². The Kier molecular flexibility index (Phi) is 8.29. The van der Waals surface area contributed by atoms with Crippen LogP contribution in [-0.4, -0.2) is 27.2 Å². The molecule has 5 heteroatoms. The fraction of sp³-hybridized carbons (Fsp3) is 0.429. The minimum absolute atomic E-state index is 0.0252. The molecule has 0 bridgehead atoms. The van der Waals surface area contributed by atoms with Crippen LogP contribution in [0.25, 0.3) is 11.0 Å². The van der Waals surface area contributed by atoms with Gasteiger partial charge in [-0.1, -0.05) is 80.3 Å². The summed E-state index contributed by atoms with van der Waals surface area (Å²) in [6.45, 7) is 0.680. The Bertz CT molecular complexity index is 1420. The molecule has 0 radical (unpaired) electrons. The first-order chi connectivity index (χ1) is 19.7. The lowest BCUT2D eigenvalue weighted by atomic mass is 9.80. The third-order valence-corrected chi connectivity index (χ3v) is 9.17. The first kappa shape index (κ1) is 26.8. The zero-order chi connectivity index (χ0) is 27.3. The maximum absolute atomic E-state index is 13.9. The predicted molar refractivity (Wildman–Crippen MR) is 160 cm³/mol. The highest BCUT2D eigenvalue weighted by atomic mass is 16.3. The van der Waals surface area contributed by atoms with Gasteiger partial charge in [0.2, 0.25) is 5.91 Å². The smallest absolute Gasteiger partial charge is 0.228 e. The molecule has 5 nitrogen and oxygen atoms in total. The van der Waals surface area contributed by atoms with Crippen molar-refractivity contribution in [1.82, 2.24) is 14.9 Å². The topological polar surface area (TPSA) is 67.2 Å². The standard InChI is InChI=1S/C35H41N3O2/c39-24-31(26-11-6-3-7-12-26)37-35(40)33(27-13-4-1-2-5-14-27)28-20-18-25(19-21-28)23-38-32-17-9-8-15-29(32)30-16-10-22-36-34(30)38/h3,6-7,10-12,16,18-22,27,31,33,39H,1-2,4-5,8-9,13-15,17,23-24H2,(H,37,40)/t31-,33?/m0/s1. The Morgan fingerprint density at radius 1 is 0.875 bits per heavy atom. The summed E-state index contributed by atoms with van der Waals surface area (Å²) in [6, 6.07) is 22.4. The van der Waals surface area contributed by atoms with E-state index in [0.29, 0.717) is 5.92 Å². The molecule has 2 atom stereocenters. The number of amides is 1. The number of aliphatic hydroxyl groups excluding tert-OH is 1. The number of nitrogens with zero attached hydrogens (tertiary/aromatic N) is 2. The Hall–Kier alpha value is -3.44. The zero-order valence-electron chi connectivity index (χ0n) is 23.4. The molecule has 1 fully saturated rings. The van der Waals surface area contributed by atoms with Gasteiger partial charge in [0.05, 0.1) is 18.6 Å². The van der Waals surface area contributed by atoms with Crippen molar-refractivity contribution in [2.24, 2.45) is 5.92 Å². The van der Waals surface area contributed by atoms with Crippen LogP contribution in [0.3, 0.4) is 0 Å². The number of aromatic nitrogens is 2. The van der Waals surface area contributed by atoms with Crippen LogP contribution in [0.5, 0.6) is 0 Å². The van der Waals surface area contributed by atoms with Crippen molar-refractivity contribution in [3.63, 3.8) is 0 Å². The summed E-state index contributed by atoms with van der Waals surface area (Å²) >= 11 is 0. The van der Waals surface area contributed by atoms with Crippen molar-refractivity contribution in [1.29, 1.82) is 0 Å². The van der Waals surface area contributed by atoms with E-state index in [2.05, 4.69) is 40.2 Å². The second-order valence-corrected chi connectivity index (χ2v) is 11.7. The minimum atomic E-state index is -0.401. The minimum Gasteiger partial charge on any atom is -0.394 e. The SMILES string of the molecule is O=C(N[C@@H](CO)c1ccccc1)C(c1ccc(Cn2c3c(c4cccnc42)CCCC3)cc1)C1CCCCCC1. The molecule has 6 rings (SSSR count). The Labute approximate surface area is 237 Å². The molecule has 1 unspecified atom stereocenters. The molecule has 0 saturated heterocycles. The van der Waals surface area contributed by atoms with Crippen LogP contribution < -0.4 is 5.32 Å². The van der Waals surface area contributed by atoms with Crippen LogP contribution in [0.2, 0.25) is 0 Å². The number of carbonyl (C=O) groups excluding carboxylic acids is 1. The second kappa shape index (κ2) is 12.4. The maximum Gasteiger partial charge on any atom is 0.228 e. The molecule has 40 heavy (non-hydrogen) atoms. The summed E-state index contributed by atoms with van der Waals surface area (Å²) in [7, 11) is 0. The van der Waals surface area contributed by atoms with E-state index in [4.69, 9.17) is 4.98 Å². The molecule has 0 spiro atoms. The fourth-order valence-corrected chi connectivity index (χ4v) is 7.10. The molecule has 1 amide bonds. The lowest BCUT2D eigenvalue weighted by molar-refractivity contribution is -0.125. The van der Waals surface area contributed by atoms with Crippen LogP contribution in [0.4, 0.5) is 0 Å². The van der Waals surface area contributed by atoms with Crippen LogP contribution in [0.15, 0.2) is 72.9 Å². The van der Waals surface area contributed by atoms with E-state index in [0.717, 1.165) is 49.0 Å². The van der Waals surface area contributed by atoms with Gasteiger partial charge in [-0.15, -0.1) is 0 Å². The van der Waals surface area contributed by atoms with E-state index in [9.17, 15) is 9.90 Å². The highest BCUT2D eigenvalue weighted by Gasteiger charge is 2.32. The number of hydrogen-bond donors (Lipinski definition) is 2. The van der Waals surface area contributed by atoms with Crippen molar-refractivity contribution >= 4 is 16.9 Å². The summed E-state index contributed by atoms with van der Waals surface area (Å²) in [5.41, 5.74) is 7.26. The number of pyridine rings is 1. The number of aliphatic hydroxyl groups is 1. The summed E-state index contributed by atoms with van der Waals surface area (Å²) in [5, 5.41) is 14.6. The largest absolute Gasteiger partial charge is 0.394 e. The lowest BCUT2D eigenvalue weighted by Gasteiger charge is -2.28. The Morgan fingerprint density at radius 3 is 2.38 bits per heavy atom. The van der Waals surface area contributed by atoms with Crippen LogP contribution >= 0.6 is 0 Å². The van der Waals surface area contributed by atoms with E-state index >= 15 is 0 Å². The van der Waals surface area contributed by atoms with Gasteiger partial charge in [0, 0.05) is 23.8 Å². The van der Waals surface area contributed by atoms with E-state index < -0.39 is 6.04 Å². The highest BCUT2D eigenvalue weighted by Crippen LogP contribution is 2.37. The average molecular weight is 536 g/mol. The van der Waals surface area contributed by atoms with Gasteiger partial charge in [-0.05, 0) is 78.8 Å². The predicted octanol–water partition coefficient (Wildman–Crippen LogP) is 6.87. The van der Waals surface area contributed by atoms with Gasteiger partial charge in [-0.3, -0.25) is 4.79 Å². The zero-order valence-corrected chi connectivity index (χ0v) is 23.4. The summed E-state index contributed by atoms with van der Waals surface area (Å²) in [5.74, 6) is 0.122. The molecule has 2 aromatic heterocycles. The summed E-state index contributed by atoms with van der Waals surface area (Å²) in [4.78, 5) is 18.7. The van der Waals surface area contributed by atoms with Crippen LogP contribution in [-0.2, 0) is 24.2 Å². The van der Waals surface area contributed by atoms with Gasteiger partial charge in [0.1, 0.15) is 5.65 Å². The first-order valence-corrected chi connectivity index (χ1v) is 15.2. The molecule has 2 aliphatic rings. The average Bonchev–Trinajstić information content (AvgIpc) is 3.13. The Balaban J connectivity index is 1.27. The van der Waals surface area contributed by atoms with Gasteiger partial charge >= 0.3 is 0 Å². The number of hydrogen-bond acceptors (Lipinski definition) is 3. The van der Waals surface area contributed by atoms with Crippen molar-refractivity contribution in [3.8, 4) is 0 Å². The third kappa shape index (κ3) is 5.57. The maximum atomic E-state index is 13.9. The second-order valence-electron chi connectivity index (χ2n) is 11.7. The third-order valence-electron chi connectivity index (χ3n) is 9.17. The highest BCUT2D eigenvalue weighted by molar-refractivity contribution is 5.84. The van der Waals surface area contributed by atoms with Gasteiger partial charge in [-0.25, -0.2) is 4.98 Å². The number of benzene rings is 2. The molecule has 4 aromatic rings. The molecule has 0 aliphatic heterocycles. The molecule has 208 valence electrons. The van der Waals surface area contributed by atoms with Crippen molar-refractivity contribution in [2.45, 2.75) is 82.7 Å². The van der Waals surface area contributed by atoms with Crippen molar-refractivity contribution in [2.75, 3.05) is 6.61 Å². The van der Waals surface area contributed by atoms with Gasteiger partial charge < -0.3 is 15.0 Å². The van der Waals surface area contributed by atoms with Gasteiger partial charge in [0.15, 0.2) is 0 Å². The van der Waals surface area contributed by atoms with Crippen molar-refractivity contribution in [3.05, 3.63) is 101 Å². The van der Waals surface area contributed by atoms with Gasteiger partial charge in [-0.2, -0.15) is 0 Å². The number of aryl methyl sites for hydroxylation is 1. The first-order valence-electron chi connectivity index (χ1n) is 15.2. The Morgan fingerprint density at radius 2 is 1.62 bits per heavy atom. The molecular formula is C35H41N3O2. The van der Waals surface area contributed by atoms with Gasteiger partial charge in [0.25, 0.3) is 0 Å². The summed E-state index contributed by atoms with van der Waals surface area (Å²) < 4.78 is 2.42. The molecular weight excluding hydrogens is 494 g/mol. The molecule has 2 aromatic carbocycles. The van der Waals surface area contributed by atoms with E-state index in [1.54, 1.807) is 0 Å². The number of nitrogens with one attached hydrogen (secondary N) is 1. The number of fused-ring (bicyclic) bond motifs is 3. The normalized spacial score (nSPS) is 17.6. The van der Waals surface area contributed by atoms with Crippen molar-refractivity contribution < 1.29 is 9.90 Å². The molecule has 1 saturated carbocycles. The fourth-order valence-electron chi connectivity index (χ4n) is 7.10. The molecule has 2 heterocycles.